The van der Waals surface area contributed by atoms with Crippen LogP contribution < -0.4 is 25.8 Å². The maximum Gasteiger partial charge on any atom is 0.221 e. The number of benzene rings is 2. The number of anilines is 3. The molecule has 3 aromatic rings. The second kappa shape index (κ2) is 9.17. The van der Waals surface area contributed by atoms with Crippen LogP contribution in [0.5, 0.6) is 11.5 Å². The van der Waals surface area contributed by atoms with Gasteiger partial charge in [-0.3, -0.25) is 0 Å². The molecule has 156 valence electrons. The first kappa shape index (κ1) is 21.0. The molecular weight excluding hydrogens is 378 g/mol. The molecule has 0 saturated carbocycles. The van der Waals surface area contributed by atoms with Crippen molar-refractivity contribution in [2.24, 2.45) is 0 Å². The van der Waals surface area contributed by atoms with Crippen molar-refractivity contribution in [3.8, 4) is 11.5 Å². The Morgan fingerprint density at radius 2 is 1.73 bits per heavy atom. The summed E-state index contributed by atoms with van der Waals surface area (Å²) in [6.07, 6.45) is 6.25. The molecule has 7 heteroatoms. The monoisotopic (exact) mass is 405 g/mol. The maximum absolute atomic E-state index is 6.00. The second-order valence-corrected chi connectivity index (χ2v) is 7.06. The van der Waals surface area contributed by atoms with E-state index in [1.54, 1.807) is 20.4 Å². The van der Waals surface area contributed by atoms with Gasteiger partial charge in [-0.1, -0.05) is 24.3 Å². The smallest absolute Gasteiger partial charge is 0.221 e. The fourth-order valence-electron chi connectivity index (χ4n) is 3.14. The van der Waals surface area contributed by atoms with E-state index in [1.165, 1.54) is 0 Å². The number of nitrogens with two attached hydrogens (primary N) is 2. The highest BCUT2D eigenvalue weighted by Gasteiger charge is 2.13. The van der Waals surface area contributed by atoms with Gasteiger partial charge in [0, 0.05) is 43.5 Å². The summed E-state index contributed by atoms with van der Waals surface area (Å²) in [5, 5.41) is 0. The maximum atomic E-state index is 6.00. The summed E-state index contributed by atoms with van der Waals surface area (Å²) in [6.45, 7) is 0. The van der Waals surface area contributed by atoms with Gasteiger partial charge in [0.2, 0.25) is 5.95 Å². The minimum Gasteiger partial charge on any atom is -0.493 e. The summed E-state index contributed by atoms with van der Waals surface area (Å²) in [4.78, 5) is 10.1. The van der Waals surface area contributed by atoms with Crippen molar-refractivity contribution in [3.63, 3.8) is 0 Å². The average Bonchev–Trinajstić information content (AvgIpc) is 2.74. The predicted octanol–water partition coefficient (Wildman–Crippen LogP) is 3.49. The Balaban J connectivity index is 1.94. The zero-order valence-electron chi connectivity index (χ0n) is 17.7. The Kier molecular flexibility index (Phi) is 6.41. The van der Waals surface area contributed by atoms with E-state index in [9.17, 15) is 0 Å². The Morgan fingerprint density at radius 3 is 2.33 bits per heavy atom. The first-order valence-corrected chi connectivity index (χ1v) is 9.48. The Hall–Kier alpha value is -3.74. The topological polar surface area (TPSA) is 99.5 Å². The van der Waals surface area contributed by atoms with Crippen molar-refractivity contribution in [3.05, 3.63) is 64.8 Å². The number of ether oxygens (including phenoxy) is 2. The fraction of sp³-hybridized carbons (Fsp3) is 0.217. The molecule has 0 fully saturated rings. The number of aromatic nitrogens is 2. The van der Waals surface area contributed by atoms with Gasteiger partial charge in [-0.05, 0) is 35.4 Å². The lowest BCUT2D eigenvalue weighted by Crippen LogP contribution is -2.07. The minimum absolute atomic E-state index is 0.160. The Labute approximate surface area is 177 Å². The number of hydrogen-bond acceptors (Lipinski definition) is 7. The molecule has 1 aromatic heterocycles. The van der Waals surface area contributed by atoms with Gasteiger partial charge >= 0.3 is 0 Å². The lowest BCUT2D eigenvalue weighted by atomic mass is 10.0. The molecule has 1 heterocycles. The molecule has 0 radical (unpaired) electrons. The average molecular weight is 406 g/mol. The molecular formula is C23H27N5O2. The standard InChI is InChI=1S/C23H27N5O2/c1-28(2)19-9-6-15(7-10-19)5-8-17-11-16(13-20(29-3)21(17)30-4)12-18-14-26-23(25)27-22(18)24/h5-11,13-14H,12H2,1-4H3,(H4,24,25,26,27)/b8-5+. The van der Waals surface area contributed by atoms with Crippen molar-refractivity contribution in [1.29, 1.82) is 0 Å². The third kappa shape index (κ3) is 4.81. The van der Waals surface area contributed by atoms with Crippen molar-refractivity contribution >= 4 is 29.6 Å². The molecule has 30 heavy (non-hydrogen) atoms. The second-order valence-electron chi connectivity index (χ2n) is 7.06. The van der Waals surface area contributed by atoms with Crippen LogP contribution in [-0.4, -0.2) is 38.3 Å². The highest BCUT2D eigenvalue weighted by atomic mass is 16.5. The SMILES string of the molecule is COc1cc(Cc2cnc(N)nc2N)cc(/C=C/c2ccc(N(C)C)cc2)c1OC. The fourth-order valence-corrected chi connectivity index (χ4v) is 3.14. The first-order valence-electron chi connectivity index (χ1n) is 9.48. The Bertz CT molecular complexity index is 1050. The zero-order chi connectivity index (χ0) is 21.7. The van der Waals surface area contributed by atoms with E-state index >= 15 is 0 Å². The van der Waals surface area contributed by atoms with Crippen LogP contribution in [-0.2, 0) is 6.42 Å². The molecule has 0 saturated heterocycles. The normalized spacial score (nSPS) is 10.9. The molecule has 0 amide bonds. The number of hydrogen-bond donors (Lipinski definition) is 2. The van der Waals surface area contributed by atoms with Gasteiger partial charge in [-0.15, -0.1) is 0 Å². The van der Waals surface area contributed by atoms with E-state index in [1.807, 2.05) is 38.4 Å². The van der Waals surface area contributed by atoms with Crippen LogP contribution in [0.25, 0.3) is 12.2 Å². The molecule has 0 spiro atoms. The van der Waals surface area contributed by atoms with Crippen molar-refractivity contribution in [2.45, 2.75) is 6.42 Å². The number of methoxy groups -OCH3 is 2. The third-order valence-corrected chi connectivity index (χ3v) is 4.74. The van der Waals surface area contributed by atoms with E-state index < -0.39 is 0 Å². The molecule has 0 aliphatic heterocycles. The van der Waals surface area contributed by atoms with Gasteiger partial charge in [-0.2, -0.15) is 4.98 Å². The summed E-state index contributed by atoms with van der Waals surface area (Å²) in [5.41, 5.74) is 16.5. The van der Waals surface area contributed by atoms with Crippen molar-refractivity contribution in [2.75, 3.05) is 44.7 Å². The van der Waals surface area contributed by atoms with E-state index in [2.05, 4.69) is 39.1 Å². The van der Waals surface area contributed by atoms with Crippen LogP contribution in [0, 0.1) is 0 Å². The molecule has 3 rings (SSSR count). The molecule has 2 aromatic carbocycles. The van der Waals surface area contributed by atoms with Crippen LogP contribution >= 0.6 is 0 Å². The quantitative estimate of drug-likeness (QED) is 0.581. The van der Waals surface area contributed by atoms with Crippen LogP contribution in [0.1, 0.15) is 22.3 Å². The van der Waals surface area contributed by atoms with Gasteiger partial charge < -0.3 is 25.8 Å². The van der Waals surface area contributed by atoms with Gasteiger partial charge in [0.15, 0.2) is 11.5 Å². The number of nitrogens with zero attached hydrogens (tertiary/aromatic N) is 3. The molecule has 0 atom stereocenters. The van der Waals surface area contributed by atoms with Gasteiger partial charge in [-0.25, -0.2) is 4.98 Å². The lowest BCUT2D eigenvalue weighted by molar-refractivity contribution is 0.354. The molecule has 0 bridgehead atoms. The summed E-state index contributed by atoms with van der Waals surface area (Å²) in [5.74, 6) is 1.85. The minimum atomic E-state index is 0.160. The largest absolute Gasteiger partial charge is 0.493 e. The van der Waals surface area contributed by atoms with Gasteiger partial charge in [0.25, 0.3) is 0 Å². The van der Waals surface area contributed by atoms with E-state index in [0.29, 0.717) is 23.7 Å². The highest BCUT2D eigenvalue weighted by Crippen LogP contribution is 2.35. The molecule has 0 aliphatic carbocycles. The van der Waals surface area contributed by atoms with E-state index in [4.69, 9.17) is 20.9 Å². The summed E-state index contributed by atoms with van der Waals surface area (Å²) in [7, 11) is 7.29. The van der Waals surface area contributed by atoms with Crippen LogP contribution in [0.15, 0.2) is 42.6 Å². The van der Waals surface area contributed by atoms with E-state index in [0.717, 1.165) is 27.9 Å². The van der Waals surface area contributed by atoms with E-state index in [-0.39, 0.29) is 5.95 Å². The van der Waals surface area contributed by atoms with Crippen LogP contribution in [0.4, 0.5) is 17.5 Å². The zero-order valence-corrected chi connectivity index (χ0v) is 17.7. The number of nitrogen functional groups attached to an aromatic ring is 2. The van der Waals surface area contributed by atoms with Gasteiger partial charge in [0.1, 0.15) is 5.82 Å². The van der Waals surface area contributed by atoms with Crippen molar-refractivity contribution < 1.29 is 9.47 Å². The summed E-state index contributed by atoms with van der Waals surface area (Å²) < 4.78 is 11.2. The lowest BCUT2D eigenvalue weighted by Gasteiger charge is -2.14. The first-order chi connectivity index (χ1) is 14.4. The highest BCUT2D eigenvalue weighted by molar-refractivity contribution is 5.75. The van der Waals surface area contributed by atoms with Crippen molar-refractivity contribution in [1.82, 2.24) is 9.97 Å². The number of rotatable bonds is 7. The Morgan fingerprint density at radius 1 is 1.00 bits per heavy atom. The van der Waals surface area contributed by atoms with Crippen LogP contribution in [0.2, 0.25) is 0 Å². The summed E-state index contributed by atoms with van der Waals surface area (Å²) in [6, 6.07) is 12.3. The summed E-state index contributed by atoms with van der Waals surface area (Å²) >= 11 is 0. The van der Waals surface area contributed by atoms with Gasteiger partial charge in [0.05, 0.1) is 14.2 Å². The molecule has 7 nitrogen and oxygen atoms in total. The third-order valence-electron chi connectivity index (χ3n) is 4.74. The van der Waals surface area contributed by atoms with Crippen LogP contribution in [0.3, 0.4) is 0 Å². The molecule has 0 aliphatic rings. The molecule has 0 unspecified atom stereocenters. The molecule has 4 N–H and O–H groups in total. The predicted molar refractivity (Wildman–Crippen MR) is 123 cm³/mol.